The molecule has 3 heteroatoms. The zero-order chi connectivity index (χ0) is 12.8. The Morgan fingerprint density at radius 1 is 1.29 bits per heavy atom. The summed E-state index contributed by atoms with van der Waals surface area (Å²) >= 11 is 0. The van der Waals surface area contributed by atoms with E-state index < -0.39 is 0 Å². The van der Waals surface area contributed by atoms with E-state index >= 15 is 0 Å². The lowest BCUT2D eigenvalue weighted by Gasteiger charge is -2.12. The SMILES string of the molecule is Cc1ccc(CCCC(=O)NN(C)C)c(C)c1. The largest absolute Gasteiger partial charge is 0.289 e. The molecule has 0 saturated heterocycles. The van der Waals surface area contributed by atoms with Gasteiger partial charge in [0.1, 0.15) is 0 Å². The highest BCUT2D eigenvalue weighted by Gasteiger charge is 2.03. The molecule has 1 amide bonds. The molecule has 94 valence electrons. The molecule has 1 aromatic rings. The quantitative estimate of drug-likeness (QED) is 0.792. The number of nitrogens with one attached hydrogen (secondary N) is 1. The van der Waals surface area contributed by atoms with Crippen LogP contribution in [0.4, 0.5) is 0 Å². The molecule has 1 rings (SSSR count). The lowest BCUT2D eigenvalue weighted by atomic mass is 10.0. The van der Waals surface area contributed by atoms with E-state index in [2.05, 4.69) is 37.5 Å². The molecule has 0 spiro atoms. The molecular formula is C14H22N2O. The van der Waals surface area contributed by atoms with Crippen molar-refractivity contribution in [3.8, 4) is 0 Å². The molecule has 0 heterocycles. The van der Waals surface area contributed by atoms with Crippen LogP contribution in [0.1, 0.15) is 29.5 Å². The summed E-state index contributed by atoms with van der Waals surface area (Å²) in [4.78, 5) is 11.4. The van der Waals surface area contributed by atoms with E-state index in [-0.39, 0.29) is 5.91 Å². The van der Waals surface area contributed by atoms with Gasteiger partial charge in [-0.15, -0.1) is 0 Å². The Balaban J connectivity index is 2.38. The van der Waals surface area contributed by atoms with E-state index in [1.165, 1.54) is 16.7 Å². The van der Waals surface area contributed by atoms with Gasteiger partial charge < -0.3 is 0 Å². The zero-order valence-electron chi connectivity index (χ0n) is 11.2. The maximum Gasteiger partial charge on any atom is 0.234 e. The monoisotopic (exact) mass is 234 g/mol. The summed E-state index contributed by atoms with van der Waals surface area (Å²) in [6, 6.07) is 6.48. The van der Waals surface area contributed by atoms with Gasteiger partial charge in [0.15, 0.2) is 0 Å². The summed E-state index contributed by atoms with van der Waals surface area (Å²) in [6.45, 7) is 4.23. The van der Waals surface area contributed by atoms with Crippen molar-refractivity contribution in [2.24, 2.45) is 0 Å². The molecule has 3 nitrogen and oxygen atoms in total. The van der Waals surface area contributed by atoms with Crippen LogP contribution < -0.4 is 5.43 Å². The average molecular weight is 234 g/mol. The first kappa shape index (κ1) is 13.7. The Morgan fingerprint density at radius 2 is 2.00 bits per heavy atom. The van der Waals surface area contributed by atoms with Crippen LogP contribution in [0.25, 0.3) is 0 Å². The molecule has 0 bridgehead atoms. The minimum atomic E-state index is 0.0831. The predicted octanol–water partition coefficient (Wildman–Crippen LogP) is 2.22. The van der Waals surface area contributed by atoms with E-state index in [4.69, 9.17) is 0 Å². The van der Waals surface area contributed by atoms with Crippen molar-refractivity contribution in [1.82, 2.24) is 10.4 Å². The molecular weight excluding hydrogens is 212 g/mol. The van der Waals surface area contributed by atoms with Crippen LogP contribution in [-0.4, -0.2) is 25.0 Å². The second kappa shape index (κ2) is 6.40. The molecule has 0 aliphatic heterocycles. The van der Waals surface area contributed by atoms with Crippen molar-refractivity contribution in [2.45, 2.75) is 33.1 Å². The van der Waals surface area contributed by atoms with Gasteiger partial charge in [-0.3, -0.25) is 10.2 Å². The molecule has 0 aliphatic rings. The summed E-state index contributed by atoms with van der Waals surface area (Å²) in [5.41, 5.74) is 6.69. The summed E-state index contributed by atoms with van der Waals surface area (Å²) in [5.74, 6) is 0.0831. The highest BCUT2D eigenvalue weighted by molar-refractivity contribution is 5.75. The van der Waals surface area contributed by atoms with Gasteiger partial charge in [0.2, 0.25) is 5.91 Å². The van der Waals surface area contributed by atoms with Gasteiger partial charge >= 0.3 is 0 Å². The first-order valence-corrected chi connectivity index (χ1v) is 6.02. The van der Waals surface area contributed by atoms with Crippen molar-refractivity contribution in [3.63, 3.8) is 0 Å². The van der Waals surface area contributed by atoms with Gasteiger partial charge in [0.05, 0.1) is 0 Å². The molecule has 0 aliphatic carbocycles. The maximum atomic E-state index is 11.4. The van der Waals surface area contributed by atoms with E-state index in [0.717, 1.165) is 12.8 Å². The van der Waals surface area contributed by atoms with Crippen LogP contribution in [0, 0.1) is 13.8 Å². The molecule has 0 aromatic heterocycles. The fourth-order valence-corrected chi connectivity index (χ4v) is 1.87. The van der Waals surface area contributed by atoms with Crippen molar-refractivity contribution >= 4 is 5.91 Å². The average Bonchev–Trinajstić information content (AvgIpc) is 2.20. The number of rotatable bonds is 5. The number of hydrazine groups is 1. The minimum absolute atomic E-state index is 0.0831. The fraction of sp³-hybridized carbons (Fsp3) is 0.500. The zero-order valence-corrected chi connectivity index (χ0v) is 11.2. The summed E-state index contributed by atoms with van der Waals surface area (Å²) in [7, 11) is 3.64. The molecule has 0 atom stereocenters. The molecule has 0 fully saturated rings. The lowest BCUT2D eigenvalue weighted by Crippen LogP contribution is -2.35. The smallest absolute Gasteiger partial charge is 0.234 e. The molecule has 0 unspecified atom stereocenters. The number of amides is 1. The number of hydrogen-bond acceptors (Lipinski definition) is 2. The third kappa shape index (κ3) is 5.00. The number of carbonyl (C=O) groups excluding carboxylic acids is 1. The van der Waals surface area contributed by atoms with Crippen molar-refractivity contribution in [2.75, 3.05) is 14.1 Å². The standard InChI is InChI=1S/C14H22N2O/c1-11-8-9-13(12(2)10-11)6-5-7-14(17)15-16(3)4/h8-10H,5-7H2,1-4H3,(H,15,17). The van der Waals surface area contributed by atoms with Crippen molar-refractivity contribution < 1.29 is 4.79 Å². The number of benzene rings is 1. The van der Waals surface area contributed by atoms with Gasteiger partial charge in [-0.05, 0) is 37.8 Å². The molecule has 0 radical (unpaired) electrons. The van der Waals surface area contributed by atoms with Crippen LogP contribution in [-0.2, 0) is 11.2 Å². The Kier molecular flexibility index (Phi) is 5.16. The first-order valence-electron chi connectivity index (χ1n) is 6.02. The normalized spacial score (nSPS) is 10.6. The van der Waals surface area contributed by atoms with Gasteiger partial charge in [-0.1, -0.05) is 23.8 Å². The Hall–Kier alpha value is -1.35. The topological polar surface area (TPSA) is 32.3 Å². The molecule has 1 aromatic carbocycles. The Bertz CT molecular complexity index is 386. The maximum absolute atomic E-state index is 11.4. The lowest BCUT2D eigenvalue weighted by molar-refractivity contribution is -0.124. The second-order valence-corrected chi connectivity index (χ2v) is 4.71. The Labute approximate surface area is 104 Å². The van der Waals surface area contributed by atoms with Crippen molar-refractivity contribution in [3.05, 3.63) is 34.9 Å². The highest BCUT2D eigenvalue weighted by Crippen LogP contribution is 2.13. The Morgan fingerprint density at radius 3 is 2.59 bits per heavy atom. The van der Waals surface area contributed by atoms with Crippen LogP contribution in [0.5, 0.6) is 0 Å². The second-order valence-electron chi connectivity index (χ2n) is 4.71. The van der Waals surface area contributed by atoms with Gasteiger partial charge in [0.25, 0.3) is 0 Å². The van der Waals surface area contributed by atoms with E-state index in [1.807, 2.05) is 14.1 Å². The summed E-state index contributed by atoms with van der Waals surface area (Å²) in [6.07, 6.45) is 2.43. The number of hydrogen-bond donors (Lipinski definition) is 1. The van der Waals surface area contributed by atoms with Crippen LogP contribution in [0.2, 0.25) is 0 Å². The fourth-order valence-electron chi connectivity index (χ4n) is 1.87. The van der Waals surface area contributed by atoms with Gasteiger partial charge in [-0.2, -0.15) is 0 Å². The summed E-state index contributed by atoms with van der Waals surface area (Å²) < 4.78 is 0. The van der Waals surface area contributed by atoms with Crippen LogP contribution in [0.3, 0.4) is 0 Å². The number of carbonyl (C=O) groups is 1. The van der Waals surface area contributed by atoms with Crippen LogP contribution >= 0.6 is 0 Å². The predicted molar refractivity (Wildman–Crippen MR) is 70.7 cm³/mol. The third-order valence-corrected chi connectivity index (χ3v) is 2.70. The number of aryl methyl sites for hydroxylation is 3. The van der Waals surface area contributed by atoms with Crippen LogP contribution in [0.15, 0.2) is 18.2 Å². The molecule has 1 N–H and O–H groups in total. The number of nitrogens with zero attached hydrogens (tertiary/aromatic N) is 1. The first-order chi connectivity index (χ1) is 7.99. The van der Waals surface area contributed by atoms with E-state index in [0.29, 0.717) is 6.42 Å². The van der Waals surface area contributed by atoms with E-state index in [1.54, 1.807) is 5.01 Å². The third-order valence-electron chi connectivity index (χ3n) is 2.70. The van der Waals surface area contributed by atoms with Gasteiger partial charge in [0, 0.05) is 20.5 Å². The van der Waals surface area contributed by atoms with Crippen molar-refractivity contribution in [1.29, 1.82) is 0 Å². The molecule has 17 heavy (non-hydrogen) atoms. The van der Waals surface area contributed by atoms with E-state index in [9.17, 15) is 4.79 Å². The van der Waals surface area contributed by atoms with Gasteiger partial charge in [-0.25, -0.2) is 5.01 Å². The molecule has 0 saturated carbocycles. The summed E-state index contributed by atoms with van der Waals surface area (Å²) in [5, 5.41) is 1.68. The highest BCUT2D eigenvalue weighted by atomic mass is 16.2. The minimum Gasteiger partial charge on any atom is -0.289 e.